The van der Waals surface area contributed by atoms with E-state index in [9.17, 15) is 18.3 Å². The molecular formula is C15H18ClN3O4S. The molecule has 0 bridgehead atoms. The molecule has 1 atom stereocenters. The van der Waals surface area contributed by atoms with E-state index in [0.717, 1.165) is 10.9 Å². The number of hydrogen-bond acceptors (Lipinski definition) is 4. The summed E-state index contributed by atoms with van der Waals surface area (Å²) in [4.78, 5) is 16.7. The number of sulfonamides is 1. The highest BCUT2D eigenvalue weighted by Gasteiger charge is 2.33. The van der Waals surface area contributed by atoms with Crippen molar-refractivity contribution >= 4 is 38.5 Å². The molecule has 1 saturated heterocycles. The first-order valence-corrected chi connectivity index (χ1v) is 9.68. The van der Waals surface area contributed by atoms with E-state index in [2.05, 4.69) is 4.98 Å². The number of carboxylic acids is 1. The summed E-state index contributed by atoms with van der Waals surface area (Å²) >= 11 is 5.97. The number of H-pyrrole nitrogens is 1. The van der Waals surface area contributed by atoms with E-state index in [4.69, 9.17) is 11.6 Å². The van der Waals surface area contributed by atoms with Gasteiger partial charge in [-0.15, -0.1) is 0 Å². The zero-order valence-electron chi connectivity index (χ0n) is 13.1. The maximum absolute atomic E-state index is 11.9. The summed E-state index contributed by atoms with van der Waals surface area (Å²) in [6.45, 7) is 1.31. The quantitative estimate of drug-likeness (QED) is 0.850. The van der Waals surface area contributed by atoms with Crippen LogP contribution in [0.1, 0.15) is 11.6 Å². The minimum atomic E-state index is -3.25. The summed E-state index contributed by atoms with van der Waals surface area (Å²) in [5.74, 6) is -0.960. The van der Waals surface area contributed by atoms with E-state index in [1.807, 2.05) is 0 Å². The molecule has 0 aliphatic carbocycles. The number of carbonyl (C=O) groups is 1. The maximum atomic E-state index is 11.9. The lowest BCUT2D eigenvalue weighted by atomic mass is 10.0. The van der Waals surface area contributed by atoms with Gasteiger partial charge < -0.3 is 10.1 Å². The van der Waals surface area contributed by atoms with E-state index in [0.29, 0.717) is 23.7 Å². The van der Waals surface area contributed by atoms with Crippen molar-refractivity contribution in [1.82, 2.24) is 14.2 Å². The maximum Gasteiger partial charge on any atom is 0.325 e. The second-order valence-corrected chi connectivity index (χ2v) is 8.29. The monoisotopic (exact) mass is 371 g/mol. The molecule has 1 aliphatic rings. The van der Waals surface area contributed by atoms with Crippen LogP contribution in [-0.4, -0.2) is 66.1 Å². The SMILES string of the molecule is CS(=O)(=O)N1CCN(C(C(=O)O)c2c[nH]c3cc(Cl)ccc23)CC1. The lowest BCUT2D eigenvalue weighted by Gasteiger charge is -2.36. The van der Waals surface area contributed by atoms with Crippen LogP contribution in [0.3, 0.4) is 0 Å². The largest absolute Gasteiger partial charge is 0.480 e. The van der Waals surface area contributed by atoms with E-state index in [1.165, 1.54) is 10.6 Å². The zero-order valence-corrected chi connectivity index (χ0v) is 14.6. The molecule has 1 fully saturated rings. The normalized spacial score (nSPS) is 18.8. The Balaban J connectivity index is 1.89. The highest BCUT2D eigenvalue weighted by atomic mass is 35.5. The first-order valence-electron chi connectivity index (χ1n) is 7.46. The first kappa shape index (κ1) is 17.2. The zero-order chi connectivity index (χ0) is 17.5. The minimum Gasteiger partial charge on any atom is -0.480 e. The predicted molar refractivity (Wildman–Crippen MR) is 91.7 cm³/mol. The second-order valence-electron chi connectivity index (χ2n) is 5.87. The summed E-state index contributed by atoms with van der Waals surface area (Å²) in [5, 5.41) is 11.1. The van der Waals surface area contributed by atoms with Gasteiger partial charge in [0.15, 0.2) is 0 Å². The molecule has 9 heteroatoms. The van der Waals surface area contributed by atoms with Crippen LogP contribution in [0.15, 0.2) is 24.4 Å². The Hall–Kier alpha value is -1.61. The third-order valence-electron chi connectivity index (χ3n) is 4.31. The van der Waals surface area contributed by atoms with Crippen molar-refractivity contribution in [3.63, 3.8) is 0 Å². The Kier molecular flexibility index (Phi) is 4.56. The van der Waals surface area contributed by atoms with Gasteiger partial charge >= 0.3 is 5.97 Å². The van der Waals surface area contributed by atoms with E-state index in [1.54, 1.807) is 29.3 Å². The smallest absolute Gasteiger partial charge is 0.325 e. The average Bonchev–Trinajstić information content (AvgIpc) is 2.89. The number of hydrogen-bond donors (Lipinski definition) is 2. The molecule has 0 radical (unpaired) electrons. The number of rotatable bonds is 4. The van der Waals surface area contributed by atoms with Crippen LogP contribution < -0.4 is 0 Å². The summed E-state index contributed by atoms with van der Waals surface area (Å²) in [6, 6.07) is 4.44. The summed E-state index contributed by atoms with van der Waals surface area (Å²) < 4.78 is 24.6. The van der Waals surface area contributed by atoms with E-state index in [-0.39, 0.29) is 13.1 Å². The van der Waals surface area contributed by atoms with Gasteiger partial charge in [-0.3, -0.25) is 9.69 Å². The molecule has 7 nitrogen and oxygen atoms in total. The fraction of sp³-hybridized carbons (Fsp3) is 0.400. The van der Waals surface area contributed by atoms with Gasteiger partial charge in [-0.05, 0) is 12.1 Å². The predicted octanol–water partition coefficient (Wildman–Crippen LogP) is 1.52. The van der Waals surface area contributed by atoms with Crippen LogP contribution in [0.25, 0.3) is 10.9 Å². The highest BCUT2D eigenvalue weighted by molar-refractivity contribution is 7.88. The number of nitrogens with zero attached hydrogens (tertiary/aromatic N) is 2. The molecule has 1 unspecified atom stereocenters. The highest BCUT2D eigenvalue weighted by Crippen LogP contribution is 2.31. The number of carboxylic acid groups (broad SMARTS) is 1. The Morgan fingerprint density at radius 1 is 1.29 bits per heavy atom. The number of aromatic nitrogens is 1. The van der Waals surface area contributed by atoms with Crippen LogP contribution >= 0.6 is 11.6 Å². The second kappa shape index (κ2) is 6.36. The van der Waals surface area contributed by atoms with E-state index >= 15 is 0 Å². The van der Waals surface area contributed by atoms with Crippen molar-refractivity contribution in [1.29, 1.82) is 0 Å². The van der Waals surface area contributed by atoms with Gasteiger partial charge in [-0.2, -0.15) is 4.31 Å². The van der Waals surface area contributed by atoms with Crippen LogP contribution in [0.2, 0.25) is 5.02 Å². The molecule has 0 saturated carbocycles. The molecule has 130 valence electrons. The van der Waals surface area contributed by atoms with Crippen LogP contribution in [-0.2, 0) is 14.8 Å². The Morgan fingerprint density at radius 2 is 1.96 bits per heavy atom. The molecule has 2 aromatic rings. The fourth-order valence-electron chi connectivity index (χ4n) is 3.13. The topological polar surface area (TPSA) is 93.7 Å². The van der Waals surface area contributed by atoms with E-state index < -0.39 is 22.0 Å². The van der Waals surface area contributed by atoms with Gasteiger partial charge in [0.05, 0.1) is 6.26 Å². The Labute approximate surface area is 144 Å². The Morgan fingerprint density at radius 3 is 2.54 bits per heavy atom. The van der Waals surface area contributed by atoms with Crippen molar-refractivity contribution in [3.05, 3.63) is 35.0 Å². The molecule has 2 N–H and O–H groups in total. The molecule has 1 aromatic carbocycles. The molecule has 0 amide bonds. The average molecular weight is 372 g/mol. The number of halogens is 1. The lowest BCUT2D eigenvalue weighted by molar-refractivity contribution is -0.144. The third-order valence-corrected chi connectivity index (χ3v) is 5.85. The molecule has 1 aromatic heterocycles. The molecule has 1 aliphatic heterocycles. The summed E-state index contributed by atoms with van der Waals surface area (Å²) in [7, 11) is -3.25. The van der Waals surface area contributed by atoms with Crippen molar-refractivity contribution in [2.24, 2.45) is 0 Å². The van der Waals surface area contributed by atoms with Crippen LogP contribution in [0.5, 0.6) is 0 Å². The molecule has 24 heavy (non-hydrogen) atoms. The molecule has 2 heterocycles. The lowest BCUT2D eigenvalue weighted by Crippen LogP contribution is -2.50. The molecular weight excluding hydrogens is 354 g/mol. The number of piperazine rings is 1. The van der Waals surface area contributed by atoms with Gasteiger partial charge in [0, 0.05) is 53.9 Å². The van der Waals surface area contributed by atoms with Crippen LogP contribution in [0, 0.1) is 0 Å². The van der Waals surface area contributed by atoms with Crippen LogP contribution in [0.4, 0.5) is 0 Å². The van der Waals surface area contributed by atoms with Gasteiger partial charge in [0.25, 0.3) is 0 Å². The van der Waals surface area contributed by atoms with Crippen molar-refractivity contribution in [2.75, 3.05) is 32.4 Å². The van der Waals surface area contributed by atoms with Gasteiger partial charge in [0.2, 0.25) is 10.0 Å². The number of fused-ring (bicyclic) bond motifs is 1. The minimum absolute atomic E-state index is 0.288. The fourth-order valence-corrected chi connectivity index (χ4v) is 4.13. The van der Waals surface area contributed by atoms with Gasteiger partial charge in [0.1, 0.15) is 6.04 Å². The van der Waals surface area contributed by atoms with Crippen molar-refractivity contribution in [3.8, 4) is 0 Å². The Bertz CT molecular complexity index is 872. The van der Waals surface area contributed by atoms with Gasteiger partial charge in [-0.25, -0.2) is 8.42 Å². The number of aromatic amines is 1. The third kappa shape index (κ3) is 3.27. The van der Waals surface area contributed by atoms with Crippen molar-refractivity contribution < 1.29 is 18.3 Å². The molecule has 3 rings (SSSR count). The summed E-state index contributed by atoms with van der Waals surface area (Å²) in [6.07, 6.45) is 2.85. The standard InChI is InChI=1S/C15H18ClN3O4S/c1-24(22,23)19-6-4-18(5-7-19)14(15(20)21)12-9-17-13-8-10(16)2-3-11(12)13/h2-3,8-9,14,17H,4-7H2,1H3,(H,20,21). The number of aliphatic carboxylic acids is 1. The van der Waals surface area contributed by atoms with Crippen molar-refractivity contribution in [2.45, 2.75) is 6.04 Å². The number of nitrogens with one attached hydrogen (secondary N) is 1. The summed E-state index contributed by atoms with van der Waals surface area (Å²) in [5.41, 5.74) is 1.43. The first-order chi connectivity index (χ1) is 11.3. The van der Waals surface area contributed by atoms with Gasteiger partial charge in [-0.1, -0.05) is 17.7 Å². The number of benzene rings is 1. The molecule has 0 spiro atoms.